The van der Waals surface area contributed by atoms with Gasteiger partial charge in [-0.2, -0.15) is 0 Å². The third kappa shape index (κ3) is 1.50. The Labute approximate surface area is 96.2 Å². The standard InChI is InChI=1S/C11H9N5O/c1-8-2-3-9(6-12-8)16-5-4-15-7-13-14-10(15)11(16)17/h2-7H,1H3. The van der Waals surface area contributed by atoms with Gasteiger partial charge in [0.25, 0.3) is 0 Å². The van der Waals surface area contributed by atoms with Gasteiger partial charge in [-0.15, -0.1) is 10.2 Å². The summed E-state index contributed by atoms with van der Waals surface area (Å²) in [5.74, 6) is 0. The van der Waals surface area contributed by atoms with Gasteiger partial charge in [0.1, 0.15) is 6.33 Å². The SMILES string of the molecule is Cc1ccc(-n2ccn3cnnc3c2=O)cn1. The summed E-state index contributed by atoms with van der Waals surface area (Å²) in [7, 11) is 0. The molecule has 3 rings (SSSR count). The van der Waals surface area contributed by atoms with Crippen molar-refractivity contribution in [1.29, 1.82) is 0 Å². The predicted molar refractivity (Wildman–Crippen MR) is 61.1 cm³/mol. The molecule has 0 saturated heterocycles. The molecule has 0 aliphatic heterocycles. The summed E-state index contributed by atoms with van der Waals surface area (Å²) in [6.45, 7) is 1.90. The van der Waals surface area contributed by atoms with Crippen LogP contribution in [0.3, 0.4) is 0 Å². The van der Waals surface area contributed by atoms with Crippen LogP contribution in [-0.2, 0) is 0 Å². The zero-order valence-electron chi connectivity index (χ0n) is 9.11. The van der Waals surface area contributed by atoms with Crippen molar-refractivity contribution < 1.29 is 0 Å². The second kappa shape index (κ2) is 3.51. The number of fused-ring (bicyclic) bond motifs is 1. The normalized spacial score (nSPS) is 10.9. The maximum Gasteiger partial charge on any atom is 0.300 e. The van der Waals surface area contributed by atoms with Gasteiger partial charge in [-0.1, -0.05) is 0 Å². The molecule has 0 N–H and O–H groups in total. The number of pyridine rings is 1. The van der Waals surface area contributed by atoms with E-state index in [-0.39, 0.29) is 5.56 Å². The fourth-order valence-corrected chi connectivity index (χ4v) is 1.62. The fourth-order valence-electron chi connectivity index (χ4n) is 1.62. The van der Waals surface area contributed by atoms with E-state index in [1.807, 2.05) is 19.1 Å². The Bertz CT molecular complexity index is 725. The molecule has 0 bridgehead atoms. The lowest BCUT2D eigenvalue weighted by molar-refractivity contribution is 0.938. The molecule has 0 aliphatic carbocycles. The molecular formula is C11H9N5O. The van der Waals surface area contributed by atoms with Crippen molar-refractivity contribution in [2.24, 2.45) is 0 Å². The van der Waals surface area contributed by atoms with Crippen LogP contribution in [-0.4, -0.2) is 24.1 Å². The van der Waals surface area contributed by atoms with Crippen LogP contribution in [0.15, 0.2) is 41.8 Å². The first-order valence-electron chi connectivity index (χ1n) is 5.10. The number of rotatable bonds is 1. The molecule has 0 atom stereocenters. The van der Waals surface area contributed by atoms with Gasteiger partial charge in [-0.25, -0.2) is 0 Å². The van der Waals surface area contributed by atoms with E-state index in [1.165, 1.54) is 10.9 Å². The highest BCUT2D eigenvalue weighted by molar-refractivity contribution is 5.38. The summed E-state index contributed by atoms with van der Waals surface area (Å²) in [6, 6.07) is 3.70. The Morgan fingerprint density at radius 1 is 1.24 bits per heavy atom. The maximum atomic E-state index is 12.1. The second-order valence-corrected chi connectivity index (χ2v) is 3.69. The minimum absolute atomic E-state index is 0.212. The third-order valence-electron chi connectivity index (χ3n) is 2.53. The van der Waals surface area contributed by atoms with Crippen LogP contribution in [0.25, 0.3) is 11.3 Å². The Balaban J connectivity index is 2.27. The molecule has 3 heterocycles. The van der Waals surface area contributed by atoms with E-state index in [1.54, 1.807) is 23.0 Å². The average molecular weight is 227 g/mol. The molecule has 3 aromatic heterocycles. The van der Waals surface area contributed by atoms with E-state index >= 15 is 0 Å². The van der Waals surface area contributed by atoms with Gasteiger partial charge in [-0.3, -0.25) is 18.7 Å². The minimum Gasteiger partial charge on any atom is -0.283 e. The van der Waals surface area contributed by atoms with Gasteiger partial charge >= 0.3 is 5.56 Å². The summed E-state index contributed by atoms with van der Waals surface area (Å²) < 4.78 is 3.08. The van der Waals surface area contributed by atoms with Gasteiger partial charge in [-0.05, 0) is 19.1 Å². The van der Waals surface area contributed by atoms with Crippen LogP contribution in [0.4, 0.5) is 0 Å². The van der Waals surface area contributed by atoms with Crippen LogP contribution in [0.1, 0.15) is 5.69 Å². The summed E-state index contributed by atoms with van der Waals surface area (Å²) in [5.41, 5.74) is 1.71. The first-order valence-corrected chi connectivity index (χ1v) is 5.10. The molecule has 6 heteroatoms. The lowest BCUT2D eigenvalue weighted by atomic mass is 10.3. The van der Waals surface area contributed by atoms with Crippen LogP contribution in [0, 0.1) is 6.92 Å². The Kier molecular flexibility index (Phi) is 2.01. The largest absolute Gasteiger partial charge is 0.300 e. The van der Waals surface area contributed by atoms with Gasteiger partial charge in [0.2, 0.25) is 5.65 Å². The van der Waals surface area contributed by atoms with E-state index in [0.717, 1.165) is 5.69 Å². The second-order valence-electron chi connectivity index (χ2n) is 3.69. The van der Waals surface area contributed by atoms with Crippen LogP contribution in [0.2, 0.25) is 0 Å². The highest BCUT2D eigenvalue weighted by atomic mass is 16.1. The summed E-state index contributed by atoms with van der Waals surface area (Å²) in [6.07, 6.45) is 6.56. The smallest absolute Gasteiger partial charge is 0.283 e. The highest BCUT2D eigenvalue weighted by Gasteiger charge is 2.06. The molecule has 0 amide bonds. The van der Waals surface area contributed by atoms with Crippen molar-refractivity contribution in [3.63, 3.8) is 0 Å². The lowest BCUT2D eigenvalue weighted by Gasteiger charge is -2.04. The molecule has 0 unspecified atom stereocenters. The first kappa shape index (κ1) is 9.71. The number of aromatic nitrogens is 5. The van der Waals surface area contributed by atoms with Crippen LogP contribution in [0.5, 0.6) is 0 Å². The van der Waals surface area contributed by atoms with Crippen molar-refractivity contribution >= 4 is 5.65 Å². The molecule has 84 valence electrons. The summed E-state index contributed by atoms with van der Waals surface area (Å²) in [4.78, 5) is 16.2. The minimum atomic E-state index is -0.212. The molecule has 0 spiro atoms. The summed E-state index contributed by atoms with van der Waals surface area (Å²) >= 11 is 0. The molecule has 0 saturated carbocycles. The van der Waals surface area contributed by atoms with Gasteiger partial charge in [0.05, 0.1) is 11.9 Å². The lowest BCUT2D eigenvalue weighted by Crippen LogP contribution is -2.20. The monoisotopic (exact) mass is 227 g/mol. The molecule has 0 aliphatic rings. The van der Waals surface area contributed by atoms with Gasteiger partial charge in [0.15, 0.2) is 0 Å². The zero-order chi connectivity index (χ0) is 11.8. The van der Waals surface area contributed by atoms with Crippen molar-refractivity contribution in [2.75, 3.05) is 0 Å². The molecule has 0 radical (unpaired) electrons. The van der Waals surface area contributed by atoms with Crippen LogP contribution < -0.4 is 5.56 Å². The average Bonchev–Trinajstić information content (AvgIpc) is 2.80. The number of aryl methyl sites for hydroxylation is 1. The van der Waals surface area contributed by atoms with Gasteiger partial charge in [0, 0.05) is 18.1 Å². The molecule has 17 heavy (non-hydrogen) atoms. The Hall–Kier alpha value is -2.50. The molecule has 0 aromatic carbocycles. The zero-order valence-corrected chi connectivity index (χ0v) is 9.11. The number of nitrogens with zero attached hydrogens (tertiary/aromatic N) is 5. The third-order valence-corrected chi connectivity index (χ3v) is 2.53. The van der Waals surface area contributed by atoms with Crippen molar-refractivity contribution in [3.8, 4) is 5.69 Å². The van der Waals surface area contributed by atoms with Crippen LogP contribution >= 0.6 is 0 Å². The summed E-state index contributed by atoms with van der Waals surface area (Å²) in [5, 5.41) is 7.48. The fraction of sp³-hybridized carbons (Fsp3) is 0.0909. The van der Waals surface area contributed by atoms with E-state index in [0.29, 0.717) is 11.3 Å². The van der Waals surface area contributed by atoms with Crippen molar-refractivity contribution in [1.82, 2.24) is 24.1 Å². The topological polar surface area (TPSA) is 65.1 Å². The van der Waals surface area contributed by atoms with E-state index in [2.05, 4.69) is 15.2 Å². The van der Waals surface area contributed by atoms with Crippen molar-refractivity contribution in [2.45, 2.75) is 6.92 Å². The Morgan fingerprint density at radius 2 is 2.12 bits per heavy atom. The van der Waals surface area contributed by atoms with E-state index in [9.17, 15) is 4.79 Å². The van der Waals surface area contributed by atoms with Crippen molar-refractivity contribution in [3.05, 3.63) is 53.1 Å². The number of hydrogen-bond acceptors (Lipinski definition) is 4. The molecule has 3 aromatic rings. The quantitative estimate of drug-likeness (QED) is 0.610. The maximum absolute atomic E-state index is 12.1. The molecule has 0 fully saturated rings. The number of hydrogen-bond donors (Lipinski definition) is 0. The first-order chi connectivity index (χ1) is 8.25. The van der Waals surface area contributed by atoms with Gasteiger partial charge < -0.3 is 0 Å². The molecular weight excluding hydrogens is 218 g/mol. The Morgan fingerprint density at radius 3 is 2.88 bits per heavy atom. The van der Waals surface area contributed by atoms with E-state index < -0.39 is 0 Å². The highest BCUT2D eigenvalue weighted by Crippen LogP contribution is 2.04. The molecule has 6 nitrogen and oxygen atoms in total. The van der Waals surface area contributed by atoms with E-state index in [4.69, 9.17) is 0 Å². The predicted octanol–water partition coefficient (Wildman–Crippen LogP) is 0.584.